The Kier molecular flexibility index (Phi) is 3.29. The summed E-state index contributed by atoms with van der Waals surface area (Å²) < 4.78 is 10.6. The minimum atomic E-state index is -0.757. The van der Waals surface area contributed by atoms with Crippen molar-refractivity contribution in [3.05, 3.63) is 41.5 Å². The zero-order valence-electron chi connectivity index (χ0n) is 11.7. The van der Waals surface area contributed by atoms with E-state index in [-0.39, 0.29) is 41.0 Å². The van der Waals surface area contributed by atoms with Crippen molar-refractivity contribution >= 4 is 5.78 Å². The van der Waals surface area contributed by atoms with Gasteiger partial charge in [-0.15, -0.1) is 0 Å². The molecule has 2 aromatic rings. The van der Waals surface area contributed by atoms with Gasteiger partial charge in [-0.05, 0) is 6.07 Å². The molecule has 0 saturated carbocycles. The van der Waals surface area contributed by atoms with Gasteiger partial charge in [-0.1, -0.05) is 6.07 Å². The number of aromatic hydroxyl groups is 3. The Balaban J connectivity index is 2.04. The molecule has 6 nitrogen and oxygen atoms in total. The topological polar surface area (TPSA) is 96.2 Å². The minimum absolute atomic E-state index is 0.0246. The summed E-state index contributed by atoms with van der Waals surface area (Å²) in [6.07, 6.45) is 0. The Bertz CT molecular complexity index is 753. The van der Waals surface area contributed by atoms with Crippen LogP contribution in [0.3, 0.4) is 0 Å². The second-order valence-electron chi connectivity index (χ2n) is 4.99. The Morgan fingerprint density at radius 2 is 1.91 bits per heavy atom. The van der Waals surface area contributed by atoms with E-state index < -0.39 is 5.92 Å². The van der Waals surface area contributed by atoms with Gasteiger partial charge in [-0.25, -0.2) is 0 Å². The molecule has 0 spiro atoms. The SMILES string of the molecule is COc1cc(O)c2c(c1)OC[C@H](c1ccc(O)cc1O)C2=O. The fourth-order valence-corrected chi connectivity index (χ4v) is 2.54. The third kappa shape index (κ3) is 2.18. The van der Waals surface area contributed by atoms with Crippen molar-refractivity contribution in [1.82, 2.24) is 0 Å². The average molecular weight is 302 g/mol. The number of phenolic OH excluding ortho intramolecular Hbond substituents is 3. The molecule has 1 atom stereocenters. The second kappa shape index (κ2) is 5.14. The summed E-state index contributed by atoms with van der Waals surface area (Å²) in [6, 6.07) is 6.86. The van der Waals surface area contributed by atoms with E-state index in [4.69, 9.17) is 9.47 Å². The van der Waals surface area contributed by atoms with Crippen molar-refractivity contribution < 1.29 is 29.6 Å². The lowest BCUT2D eigenvalue weighted by Gasteiger charge is -2.25. The molecular formula is C16H14O6. The van der Waals surface area contributed by atoms with E-state index in [0.717, 1.165) is 6.07 Å². The molecule has 1 aliphatic rings. The molecular weight excluding hydrogens is 288 g/mol. The molecule has 0 aromatic heterocycles. The molecule has 1 heterocycles. The van der Waals surface area contributed by atoms with Crippen molar-refractivity contribution in [1.29, 1.82) is 0 Å². The number of hydrogen-bond donors (Lipinski definition) is 3. The number of methoxy groups -OCH3 is 1. The van der Waals surface area contributed by atoms with Crippen molar-refractivity contribution in [2.75, 3.05) is 13.7 Å². The fraction of sp³-hybridized carbons (Fsp3) is 0.188. The van der Waals surface area contributed by atoms with Crippen LogP contribution in [0.4, 0.5) is 0 Å². The Morgan fingerprint density at radius 1 is 1.14 bits per heavy atom. The lowest BCUT2D eigenvalue weighted by molar-refractivity contribution is 0.0889. The first-order valence-corrected chi connectivity index (χ1v) is 6.61. The van der Waals surface area contributed by atoms with Crippen LogP contribution >= 0.6 is 0 Å². The smallest absolute Gasteiger partial charge is 0.181 e. The molecule has 0 unspecified atom stereocenters. The van der Waals surface area contributed by atoms with Crippen LogP contribution in [0, 0.1) is 0 Å². The Hall–Kier alpha value is -2.89. The molecule has 0 bridgehead atoms. The minimum Gasteiger partial charge on any atom is -0.508 e. The number of carbonyl (C=O) groups is 1. The van der Waals surface area contributed by atoms with Crippen LogP contribution in [0.1, 0.15) is 21.8 Å². The van der Waals surface area contributed by atoms with Gasteiger partial charge < -0.3 is 24.8 Å². The third-order valence-corrected chi connectivity index (χ3v) is 3.65. The van der Waals surface area contributed by atoms with Gasteiger partial charge in [-0.2, -0.15) is 0 Å². The van der Waals surface area contributed by atoms with Crippen LogP contribution in [0.25, 0.3) is 0 Å². The molecule has 1 aliphatic heterocycles. The van der Waals surface area contributed by atoms with Crippen LogP contribution in [0.2, 0.25) is 0 Å². The van der Waals surface area contributed by atoms with Crippen LogP contribution in [-0.4, -0.2) is 34.8 Å². The zero-order chi connectivity index (χ0) is 15.9. The second-order valence-corrected chi connectivity index (χ2v) is 4.99. The molecule has 114 valence electrons. The number of fused-ring (bicyclic) bond motifs is 1. The highest BCUT2D eigenvalue weighted by molar-refractivity contribution is 6.06. The highest BCUT2D eigenvalue weighted by atomic mass is 16.5. The van der Waals surface area contributed by atoms with Gasteiger partial charge in [0.1, 0.15) is 40.9 Å². The van der Waals surface area contributed by atoms with Crippen molar-refractivity contribution in [3.63, 3.8) is 0 Å². The van der Waals surface area contributed by atoms with E-state index in [1.54, 1.807) is 0 Å². The van der Waals surface area contributed by atoms with E-state index in [1.165, 1.54) is 31.4 Å². The third-order valence-electron chi connectivity index (χ3n) is 3.65. The van der Waals surface area contributed by atoms with Crippen molar-refractivity contribution in [2.45, 2.75) is 5.92 Å². The quantitative estimate of drug-likeness (QED) is 0.787. The Morgan fingerprint density at radius 3 is 2.59 bits per heavy atom. The summed E-state index contributed by atoms with van der Waals surface area (Å²) in [4.78, 5) is 12.6. The summed E-state index contributed by atoms with van der Waals surface area (Å²) in [5, 5.41) is 29.3. The van der Waals surface area contributed by atoms with Gasteiger partial charge in [0.15, 0.2) is 5.78 Å². The highest BCUT2D eigenvalue weighted by Gasteiger charge is 2.34. The van der Waals surface area contributed by atoms with Crippen LogP contribution in [0.5, 0.6) is 28.7 Å². The monoisotopic (exact) mass is 302 g/mol. The number of hydrogen-bond acceptors (Lipinski definition) is 6. The average Bonchev–Trinajstić information content (AvgIpc) is 2.48. The molecule has 2 aromatic carbocycles. The van der Waals surface area contributed by atoms with Gasteiger partial charge in [0, 0.05) is 23.8 Å². The summed E-state index contributed by atoms with van der Waals surface area (Å²) in [5.41, 5.74) is 0.396. The normalized spacial score (nSPS) is 16.8. The number of phenols is 3. The van der Waals surface area contributed by atoms with E-state index in [1.807, 2.05) is 0 Å². The molecule has 6 heteroatoms. The predicted molar refractivity (Wildman–Crippen MR) is 77.0 cm³/mol. The van der Waals surface area contributed by atoms with Crippen molar-refractivity contribution in [2.24, 2.45) is 0 Å². The largest absolute Gasteiger partial charge is 0.508 e. The van der Waals surface area contributed by atoms with E-state index >= 15 is 0 Å². The molecule has 0 saturated heterocycles. The number of rotatable bonds is 2. The molecule has 22 heavy (non-hydrogen) atoms. The summed E-state index contributed by atoms with van der Waals surface area (Å²) in [7, 11) is 1.45. The van der Waals surface area contributed by atoms with Gasteiger partial charge in [0.25, 0.3) is 0 Å². The summed E-state index contributed by atoms with van der Waals surface area (Å²) >= 11 is 0. The van der Waals surface area contributed by atoms with Gasteiger partial charge >= 0.3 is 0 Å². The molecule has 0 radical (unpaired) electrons. The lowest BCUT2D eigenvalue weighted by atomic mass is 9.88. The first kappa shape index (κ1) is 14.1. The Labute approximate surface area is 126 Å². The predicted octanol–water partition coefficient (Wildman–Crippen LogP) is 2.17. The zero-order valence-corrected chi connectivity index (χ0v) is 11.7. The molecule has 3 rings (SSSR count). The first-order chi connectivity index (χ1) is 10.5. The maximum Gasteiger partial charge on any atom is 0.181 e. The standard InChI is InChI=1S/C16H14O6/c1-21-9-5-13(19)15-14(6-9)22-7-11(16(15)20)10-3-2-8(17)4-12(10)18/h2-6,11,17-19H,7H2,1H3/t11-/m1/s1. The molecule has 0 amide bonds. The van der Waals surface area contributed by atoms with E-state index in [2.05, 4.69) is 0 Å². The maximum absolute atomic E-state index is 12.6. The first-order valence-electron chi connectivity index (χ1n) is 6.61. The van der Waals surface area contributed by atoms with E-state index in [0.29, 0.717) is 11.3 Å². The van der Waals surface area contributed by atoms with E-state index in [9.17, 15) is 20.1 Å². The lowest BCUT2D eigenvalue weighted by Crippen LogP contribution is -2.26. The number of benzene rings is 2. The molecule has 3 N–H and O–H groups in total. The van der Waals surface area contributed by atoms with Gasteiger partial charge in [0.05, 0.1) is 13.0 Å². The highest BCUT2D eigenvalue weighted by Crippen LogP contribution is 2.42. The number of Topliss-reactive ketones (excluding diaryl/α,β-unsaturated/α-hetero) is 1. The number of ether oxygens (including phenoxy) is 2. The summed E-state index contributed by atoms with van der Waals surface area (Å²) in [6.45, 7) is 0.0246. The van der Waals surface area contributed by atoms with Crippen LogP contribution in [0.15, 0.2) is 30.3 Å². The van der Waals surface area contributed by atoms with Gasteiger partial charge in [0.2, 0.25) is 0 Å². The number of ketones is 1. The van der Waals surface area contributed by atoms with Crippen molar-refractivity contribution in [3.8, 4) is 28.7 Å². The maximum atomic E-state index is 12.6. The molecule has 0 fully saturated rings. The number of carbonyl (C=O) groups excluding carboxylic acids is 1. The van der Waals surface area contributed by atoms with Crippen LogP contribution in [-0.2, 0) is 0 Å². The van der Waals surface area contributed by atoms with Crippen LogP contribution < -0.4 is 9.47 Å². The summed E-state index contributed by atoms with van der Waals surface area (Å²) in [5.74, 6) is -1.01. The fourth-order valence-electron chi connectivity index (χ4n) is 2.54. The van der Waals surface area contributed by atoms with Gasteiger partial charge in [-0.3, -0.25) is 4.79 Å². The molecule has 0 aliphatic carbocycles.